The Morgan fingerprint density at radius 1 is 1.18 bits per heavy atom. The van der Waals surface area contributed by atoms with Crippen molar-refractivity contribution in [3.05, 3.63) is 34.1 Å². The van der Waals surface area contributed by atoms with Crippen molar-refractivity contribution in [2.45, 2.75) is 52.1 Å². The molecule has 1 aromatic carbocycles. The van der Waals surface area contributed by atoms with E-state index in [1.165, 1.54) is 0 Å². The number of hydrogen-bond donors (Lipinski definition) is 1. The second-order valence-electron chi connectivity index (χ2n) is 4.44. The molecule has 0 saturated heterocycles. The average Bonchev–Trinajstić information content (AvgIpc) is 2.36. The van der Waals surface area contributed by atoms with Crippen molar-refractivity contribution >= 4 is 15.9 Å². The number of rotatable bonds is 6. The fourth-order valence-corrected chi connectivity index (χ4v) is 2.31. The van der Waals surface area contributed by atoms with Crippen molar-refractivity contribution in [2.75, 3.05) is 0 Å². The second kappa shape index (κ2) is 6.50. The molecule has 0 aliphatic heterocycles. The third kappa shape index (κ3) is 3.78. The summed E-state index contributed by atoms with van der Waals surface area (Å²) in [6, 6.07) is 5.30. The highest BCUT2D eigenvalue weighted by Crippen LogP contribution is 2.21. The molecule has 1 aromatic rings. The zero-order valence-electron chi connectivity index (χ0n) is 10.8. The van der Waals surface area contributed by atoms with Crippen LogP contribution in [0.4, 0.5) is 4.39 Å². The van der Waals surface area contributed by atoms with E-state index in [9.17, 15) is 4.39 Å². The predicted octanol–water partition coefficient (Wildman–Crippen LogP) is 4.65. The molecule has 0 bridgehead atoms. The van der Waals surface area contributed by atoms with Crippen LogP contribution >= 0.6 is 15.9 Å². The van der Waals surface area contributed by atoms with Gasteiger partial charge in [-0.3, -0.25) is 0 Å². The molecule has 0 radical (unpaired) electrons. The summed E-state index contributed by atoms with van der Waals surface area (Å²) in [5, 5.41) is 3.56. The lowest BCUT2D eigenvalue weighted by Gasteiger charge is -2.32. The second-order valence-corrected chi connectivity index (χ2v) is 5.30. The zero-order valence-corrected chi connectivity index (χ0v) is 12.4. The Balaban J connectivity index is 2.68. The first-order valence-corrected chi connectivity index (χ1v) is 7.05. The maximum atomic E-state index is 13.4. The summed E-state index contributed by atoms with van der Waals surface area (Å²) in [5.41, 5.74) is 1.18. The standard InChI is InChI=1S/C14H21BrFN/c1-4-14(5-2,6-3)17-10-11-7-8-12(15)13(16)9-11/h7-9,17H,4-6,10H2,1-3H3. The Hall–Kier alpha value is -0.410. The lowest BCUT2D eigenvalue weighted by atomic mass is 9.89. The third-order valence-corrected chi connectivity index (χ3v) is 4.32. The molecular weight excluding hydrogens is 281 g/mol. The van der Waals surface area contributed by atoms with Gasteiger partial charge in [0.25, 0.3) is 0 Å². The van der Waals surface area contributed by atoms with Crippen molar-refractivity contribution in [3.63, 3.8) is 0 Å². The number of halogens is 2. The molecule has 96 valence electrons. The Morgan fingerprint density at radius 3 is 2.24 bits per heavy atom. The monoisotopic (exact) mass is 301 g/mol. The first kappa shape index (κ1) is 14.7. The molecule has 0 unspecified atom stereocenters. The van der Waals surface area contributed by atoms with Crippen LogP contribution in [-0.4, -0.2) is 5.54 Å². The van der Waals surface area contributed by atoms with Gasteiger partial charge in [-0.1, -0.05) is 26.8 Å². The largest absolute Gasteiger partial charge is 0.307 e. The first-order valence-electron chi connectivity index (χ1n) is 6.26. The summed E-state index contributed by atoms with van der Waals surface area (Å²) < 4.78 is 13.9. The van der Waals surface area contributed by atoms with E-state index in [4.69, 9.17) is 0 Å². The van der Waals surface area contributed by atoms with Gasteiger partial charge in [0.05, 0.1) is 4.47 Å². The zero-order chi connectivity index (χ0) is 12.9. The van der Waals surface area contributed by atoms with Gasteiger partial charge in [-0.15, -0.1) is 0 Å². The van der Waals surface area contributed by atoms with Crippen LogP contribution in [0.5, 0.6) is 0 Å². The molecule has 17 heavy (non-hydrogen) atoms. The number of hydrogen-bond acceptors (Lipinski definition) is 1. The fraction of sp³-hybridized carbons (Fsp3) is 0.571. The van der Waals surface area contributed by atoms with Gasteiger partial charge < -0.3 is 5.32 Å². The Bertz CT molecular complexity index is 353. The van der Waals surface area contributed by atoms with Crippen LogP contribution in [0, 0.1) is 5.82 Å². The van der Waals surface area contributed by atoms with E-state index in [1.54, 1.807) is 12.1 Å². The minimum absolute atomic E-state index is 0.184. The summed E-state index contributed by atoms with van der Waals surface area (Å²) >= 11 is 3.17. The molecule has 1 N–H and O–H groups in total. The third-order valence-electron chi connectivity index (χ3n) is 3.68. The Morgan fingerprint density at radius 2 is 1.76 bits per heavy atom. The number of nitrogens with one attached hydrogen (secondary N) is 1. The highest BCUT2D eigenvalue weighted by molar-refractivity contribution is 9.10. The number of benzene rings is 1. The Labute approximate surface area is 112 Å². The van der Waals surface area contributed by atoms with Gasteiger partial charge in [0.2, 0.25) is 0 Å². The molecule has 0 aliphatic rings. The highest BCUT2D eigenvalue weighted by Gasteiger charge is 2.22. The van der Waals surface area contributed by atoms with Gasteiger partial charge in [-0.2, -0.15) is 0 Å². The van der Waals surface area contributed by atoms with Gasteiger partial charge >= 0.3 is 0 Å². The van der Waals surface area contributed by atoms with Gasteiger partial charge in [-0.05, 0) is 52.9 Å². The summed E-state index contributed by atoms with van der Waals surface area (Å²) in [6.45, 7) is 7.31. The molecule has 3 heteroatoms. The summed E-state index contributed by atoms with van der Waals surface area (Å²) in [7, 11) is 0. The lowest BCUT2D eigenvalue weighted by Crippen LogP contribution is -2.43. The van der Waals surface area contributed by atoms with Gasteiger partial charge in [0, 0.05) is 12.1 Å². The topological polar surface area (TPSA) is 12.0 Å². The molecule has 1 nitrogen and oxygen atoms in total. The van der Waals surface area contributed by atoms with Gasteiger partial charge in [0.15, 0.2) is 0 Å². The summed E-state index contributed by atoms with van der Waals surface area (Å²) in [6.07, 6.45) is 3.29. The van der Waals surface area contributed by atoms with Crippen molar-refractivity contribution < 1.29 is 4.39 Å². The van der Waals surface area contributed by atoms with Crippen LogP contribution in [-0.2, 0) is 6.54 Å². The molecule has 0 atom stereocenters. The van der Waals surface area contributed by atoms with Crippen molar-refractivity contribution in [1.82, 2.24) is 5.32 Å². The van der Waals surface area contributed by atoms with Gasteiger partial charge in [-0.25, -0.2) is 4.39 Å². The van der Waals surface area contributed by atoms with E-state index in [1.807, 2.05) is 6.07 Å². The van der Waals surface area contributed by atoms with Gasteiger partial charge in [0.1, 0.15) is 5.82 Å². The molecular formula is C14H21BrFN. The fourth-order valence-electron chi connectivity index (χ4n) is 2.06. The quantitative estimate of drug-likeness (QED) is 0.806. The van der Waals surface area contributed by atoms with Crippen molar-refractivity contribution in [3.8, 4) is 0 Å². The van der Waals surface area contributed by atoms with Crippen LogP contribution in [0.1, 0.15) is 45.6 Å². The first-order chi connectivity index (χ1) is 8.06. The molecule has 0 saturated carbocycles. The minimum Gasteiger partial charge on any atom is -0.307 e. The molecule has 0 aromatic heterocycles. The lowest BCUT2D eigenvalue weighted by molar-refractivity contribution is 0.288. The van der Waals surface area contributed by atoms with E-state index in [2.05, 4.69) is 42.0 Å². The molecule has 0 heterocycles. The normalized spacial score (nSPS) is 11.8. The molecule has 1 rings (SSSR count). The van der Waals surface area contributed by atoms with E-state index in [0.717, 1.165) is 31.4 Å². The maximum absolute atomic E-state index is 13.4. The van der Waals surface area contributed by atoms with Crippen molar-refractivity contribution in [1.29, 1.82) is 0 Å². The molecule has 0 spiro atoms. The molecule has 0 amide bonds. The molecule has 0 aliphatic carbocycles. The van der Waals surface area contributed by atoms with Crippen molar-refractivity contribution in [2.24, 2.45) is 0 Å². The van der Waals surface area contributed by atoms with Crippen LogP contribution in [0.25, 0.3) is 0 Å². The van der Waals surface area contributed by atoms with E-state index in [0.29, 0.717) is 4.47 Å². The Kier molecular flexibility index (Phi) is 5.60. The SMILES string of the molecule is CCC(CC)(CC)NCc1ccc(Br)c(F)c1. The van der Waals surface area contributed by atoms with E-state index in [-0.39, 0.29) is 11.4 Å². The highest BCUT2D eigenvalue weighted by atomic mass is 79.9. The minimum atomic E-state index is -0.195. The van der Waals surface area contributed by atoms with Crippen LogP contribution in [0.3, 0.4) is 0 Å². The molecule has 0 fully saturated rings. The van der Waals surface area contributed by atoms with Crippen LogP contribution < -0.4 is 5.32 Å². The van der Waals surface area contributed by atoms with Crippen LogP contribution in [0.2, 0.25) is 0 Å². The smallest absolute Gasteiger partial charge is 0.137 e. The van der Waals surface area contributed by atoms with Crippen LogP contribution in [0.15, 0.2) is 22.7 Å². The average molecular weight is 302 g/mol. The van der Waals surface area contributed by atoms with E-state index >= 15 is 0 Å². The summed E-state index contributed by atoms with van der Waals surface area (Å²) in [4.78, 5) is 0. The predicted molar refractivity (Wildman–Crippen MR) is 74.5 cm³/mol. The summed E-state index contributed by atoms with van der Waals surface area (Å²) in [5.74, 6) is -0.195. The van der Waals surface area contributed by atoms with E-state index < -0.39 is 0 Å². The maximum Gasteiger partial charge on any atom is 0.137 e.